The number of hydrogen-bond acceptors (Lipinski definition) is 2. The lowest BCUT2D eigenvalue weighted by Gasteiger charge is -2.24. The monoisotopic (exact) mass is 320 g/mol. The van der Waals surface area contributed by atoms with Gasteiger partial charge in [0, 0.05) is 16.8 Å². The smallest absolute Gasteiger partial charge is 0.398 e. The molecule has 4 aromatic rings. The van der Waals surface area contributed by atoms with Gasteiger partial charge in [0.15, 0.2) is 0 Å². The number of benzene rings is 4. The highest BCUT2D eigenvalue weighted by molar-refractivity contribution is 6.73. The van der Waals surface area contributed by atoms with Gasteiger partial charge < -0.3 is 10.5 Å². The van der Waals surface area contributed by atoms with Crippen LogP contribution in [0.5, 0.6) is 0 Å². The van der Waals surface area contributed by atoms with Gasteiger partial charge >= 0.3 is 6.98 Å². The predicted molar refractivity (Wildman–Crippen MR) is 110 cm³/mol. The average molecular weight is 320 g/mol. The minimum atomic E-state index is 0.0759. The molecule has 0 saturated heterocycles. The molecule has 1 aliphatic heterocycles. The highest BCUT2D eigenvalue weighted by Crippen LogP contribution is 2.34. The van der Waals surface area contributed by atoms with Gasteiger partial charge in [-0.25, -0.2) is 0 Å². The first-order chi connectivity index (χ1) is 12.4. The quantitative estimate of drug-likeness (QED) is 0.472. The number of rotatable bonds is 2. The maximum absolute atomic E-state index is 3.57. The zero-order chi connectivity index (χ0) is 16.6. The Hall–Kier alpha value is -3.20. The van der Waals surface area contributed by atoms with Crippen molar-refractivity contribution in [2.45, 2.75) is 0 Å². The zero-order valence-corrected chi connectivity index (χ0v) is 13.7. The van der Waals surface area contributed by atoms with E-state index in [1.54, 1.807) is 0 Å². The lowest BCUT2D eigenvalue weighted by molar-refractivity contribution is 1.61. The summed E-state index contributed by atoms with van der Waals surface area (Å²) < 4.78 is 0. The molecule has 2 N–H and O–H groups in total. The molecule has 2 nitrogen and oxygen atoms in total. The average Bonchev–Trinajstić information content (AvgIpc) is 2.67. The Labute approximate surface area is 147 Å². The van der Waals surface area contributed by atoms with Gasteiger partial charge in [0.05, 0.1) is 0 Å². The molecule has 4 aromatic carbocycles. The van der Waals surface area contributed by atoms with Crippen LogP contribution in [0, 0.1) is 0 Å². The Kier molecular flexibility index (Phi) is 3.24. The first kappa shape index (κ1) is 14.2. The van der Waals surface area contributed by atoms with Gasteiger partial charge in [-0.3, -0.25) is 0 Å². The highest BCUT2D eigenvalue weighted by atomic mass is 15.0. The highest BCUT2D eigenvalue weighted by Gasteiger charge is 2.20. The third-order valence-electron chi connectivity index (χ3n) is 4.78. The van der Waals surface area contributed by atoms with Crippen molar-refractivity contribution in [2.24, 2.45) is 0 Å². The van der Waals surface area contributed by atoms with Crippen LogP contribution in [-0.4, -0.2) is 6.98 Å². The molecule has 0 saturated carbocycles. The van der Waals surface area contributed by atoms with E-state index in [0.29, 0.717) is 0 Å². The van der Waals surface area contributed by atoms with Crippen molar-refractivity contribution in [3.8, 4) is 0 Å². The van der Waals surface area contributed by atoms with Gasteiger partial charge in [-0.15, -0.1) is 0 Å². The summed E-state index contributed by atoms with van der Waals surface area (Å²) in [6.07, 6.45) is 2.17. The summed E-state index contributed by atoms with van der Waals surface area (Å²) in [6, 6.07) is 27.8. The number of fused-ring (bicyclic) bond motifs is 1. The molecule has 0 amide bonds. The summed E-state index contributed by atoms with van der Waals surface area (Å²) in [4.78, 5) is 0. The maximum Gasteiger partial charge on any atom is 0.398 e. The van der Waals surface area contributed by atoms with Gasteiger partial charge in [0.2, 0.25) is 0 Å². The second kappa shape index (κ2) is 5.71. The topological polar surface area (TPSA) is 24.1 Å². The lowest BCUT2D eigenvalue weighted by Crippen LogP contribution is -2.35. The summed E-state index contributed by atoms with van der Waals surface area (Å²) >= 11 is 0. The fraction of sp³-hybridized carbons (Fsp3) is 0. The van der Waals surface area contributed by atoms with Crippen LogP contribution in [0.4, 0.5) is 11.4 Å². The van der Waals surface area contributed by atoms with Crippen molar-refractivity contribution >= 4 is 46.0 Å². The standard InChI is InChI=1S/C22H17BN2/c1-2-6-19-15-16(11-12-17(19)5-1)13-14-23-24-20-9-3-7-18-8-4-10-21(25-23)22(18)20/h1-15,24-25H/b14-13+. The van der Waals surface area contributed by atoms with E-state index in [9.17, 15) is 0 Å². The van der Waals surface area contributed by atoms with E-state index in [1.807, 2.05) is 0 Å². The molecular formula is C22H17BN2. The molecule has 1 aliphatic rings. The van der Waals surface area contributed by atoms with Crippen molar-refractivity contribution in [3.05, 3.63) is 90.4 Å². The van der Waals surface area contributed by atoms with Crippen molar-refractivity contribution in [2.75, 3.05) is 10.5 Å². The predicted octanol–water partition coefficient (Wildman–Crippen LogP) is 5.57. The molecule has 0 fully saturated rings. The SMILES string of the molecule is C(=C\c1ccc2ccccc2c1)/B1Nc2cccc3cccc(c23)N1. The normalized spacial score (nSPS) is 13.2. The van der Waals surface area contributed by atoms with Gasteiger partial charge in [0.25, 0.3) is 0 Å². The number of anilines is 2. The largest absolute Gasteiger partial charge is 0.405 e. The van der Waals surface area contributed by atoms with E-state index in [2.05, 4.69) is 101 Å². The first-order valence-corrected chi connectivity index (χ1v) is 8.59. The van der Waals surface area contributed by atoms with Crippen LogP contribution in [0.1, 0.15) is 5.56 Å². The lowest BCUT2D eigenvalue weighted by atomic mass is 9.73. The van der Waals surface area contributed by atoms with E-state index < -0.39 is 0 Å². The molecule has 0 radical (unpaired) electrons. The van der Waals surface area contributed by atoms with Gasteiger partial charge in [-0.05, 0) is 39.9 Å². The van der Waals surface area contributed by atoms with E-state index in [0.717, 1.165) is 0 Å². The summed E-state index contributed by atoms with van der Waals surface area (Å²) in [5, 5.41) is 12.2. The molecule has 0 atom stereocenters. The molecule has 1 heterocycles. The fourth-order valence-electron chi connectivity index (χ4n) is 3.57. The Bertz CT molecular complexity index is 1080. The van der Waals surface area contributed by atoms with Crippen LogP contribution in [0.15, 0.2) is 84.8 Å². The van der Waals surface area contributed by atoms with Gasteiger partial charge in [-0.1, -0.05) is 72.7 Å². The van der Waals surface area contributed by atoms with Crippen LogP contribution >= 0.6 is 0 Å². The Morgan fingerprint density at radius 1 is 0.640 bits per heavy atom. The molecule has 0 aromatic heterocycles. The molecule has 0 bridgehead atoms. The van der Waals surface area contributed by atoms with Gasteiger partial charge in [-0.2, -0.15) is 0 Å². The number of hydrogen-bond donors (Lipinski definition) is 2. The second-order valence-corrected chi connectivity index (χ2v) is 6.44. The van der Waals surface area contributed by atoms with Crippen molar-refractivity contribution in [1.82, 2.24) is 0 Å². The summed E-state index contributed by atoms with van der Waals surface area (Å²) in [5.41, 5.74) is 3.57. The minimum Gasteiger partial charge on any atom is -0.405 e. The Balaban J connectivity index is 1.45. The van der Waals surface area contributed by atoms with Crippen LogP contribution in [0.25, 0.3) is 27.6 Å². The summed E-state index contributed by atoms with van der Waals surface area (Å²) in [7, 11) is 0. The van der Waals surface area contributed by atoms with Crippen LogP contribution < -0.4 is 10.5 Å². The Morgan fingerprint density at radius 3 is 2.08 bits per heavy atom. The van der Waals surface area contributed by atoms with E-state index >= 15 is 0 Å². The molecule has 0 unspecified atom stereocenters. The van der Waals surface area contributed by atoms with Crippen molar-refractivity contribution in [1.29, 1.82) is 0 Å². The summed E-state index contributed by atoms with van der Waals surface area (Å²) in [6.45, 7) is 0.0759. The Morgan fingerprint density at radius 2 is 1.32 bits per heavy atom. The molecule has 118 valence electrons. The van der Waals surface area contributed by atoms with Crippen LogP contribution in [0.2, 0.25) is 0 Å². The molecule has 0 aliphatic carbocycles. The molecule has 5 rings (SSSR count). The number of nitrogens with one attached hydrogen (secondary N) is 2. The third kappa shape index (κ3) is 2.54. The molecule has 3 heteroatoms. The third-order valence-corrected chi connectivity index (χ3v) is 4.78. The molecule has 0 spiro atoms. The second-order valence-electron chi connectivity index (χ2n) is 6.44. The maximum atomic E-state index is 3.57. The zero-order valence-electron chi connectivity index (χ0n) is 13.7. The minimum absolute atomic E-state index is 0.0759. The van der Waals surface area contributed by atoms with Crippen LogP contribution in [0.3, 0.4) is 0 Å². The van der Waals surface area contributed by atoms with E-state index in [-0.39, 0.29) is 6.98 Å². The summed E-state index contributed by atoms with van der Waals surface area (Å²) in [5.74, 6) is 2.18. The van der Waals surface area contributed by atoms with Crippen molar-refractivity contribution in [3.63, 3.8) is 0 Å². The van der Waals surface area contributed by atoms with Gasteiger partial charge in [0.1, 0.15) is 0 Å². The van der Waals surface area contributed by atoms with Crippen LogP contribution in [-0.2, 0) is 0 Å². The first-order valence-electron chi connectivity index (χ1n) is 8.59. The fourth-order valence-corrected chi connectivity index (χ4v) is 3.57. The van der Waals surface area contributed by atoms with E-state index in [1.165, 1.54) is 38.5 Å². The molecule has 25 heavy (non-hydrogen) atoms. The van der Waals surface area contributed by atoms with E-state index in [4.69, 9.17) is 0 Å². The van der Waals surface area contributed by atoms with Crippen molar-refractivity contribution < 1.29 is 0 Å². The molecular weight excluding hydrogens is 303 g/mol.